The second-order valence-electron chi connectivity index (χ2n) is 7.93. The number of hydrogen-bond acceptors (Lipinski definition) is 5. The van der Waals surface area contributed by atoms with Crippen LogP contribution in [0.4, 0.5) is 0 Å². The average Bonchev–Trinajstić information content (AvgIpc) is 3.35. The topological polar surface area (TPSA) is 67.9 Å². The Balaban J connectivity index is 1.27. The predicted octanol–water partition coefficient (Wildman–Crippen LogP) is 4.81. The van der Waals surface area contributed by atoms with Crippen molar-refractivity contribution in [1.82, 2.24) is 10.2 Å². The van der Waals surface area contributed by atoms with Gasteiger partial charge in [0.05, 0.1) is 30.8 Å². The van der Waals surface area contributed by atoms with Gasteiger partial charge >= 0.3 is 0 Å². The molecule has 0 radical (unpaired) electrons. The second-order valence-corrected chi connectivity index (χ2v) is 9.36. The quantitative estimate of drug-likeness (QED) is 0.594. The molecule has 0 bridgehead atoms. The number of nitrogens with one attached hydrogen (secondary N) is 1. The molecule has 3 aromatic rings. The molecule has 1 unspecified atom stereocenters. The minimum absolute atomic E-state index is 0.0375. The number of amides is 2. The molecule has 6 nitrogen and oxygen atoms in total. The average molecular weight is 471 g/mol. The van der Waals surface area contributed by atoms with Gasteiger partial charge in [-0.1, -0.05) is 35.9 Å². The van der Waals surface area contributed by atoms with Crippen LogP contribution in [-0.2, 0) is 4.79 Å². The van der Waals surface area contributed by atoms with Gasteiger partial charge in [0, 0.05) is 23.1 Å². The number of hydrogen-bond donors (Lipinski definition) is 1. The van der Waals surface area contributed by atoms with Gasteiger partial charge in [-0.2, -0.15) is 0 Å². The molecule has 0 saturated carbocycles. The van der Waals surface area contributed by atoms with Crippen LogP contribution in [0.15, 0.2) is 42.5 Å². The van der Waals surface area contributed by atoms with Gasteiger partial charge < -0.3 is 19.7 Å². The molecule has 0 spiro atoms. The first-order valence-electron chi connectivity index (χ1n) is 10.8. The lowest BCUT2D eigenvalue weighted by Crippen LogP contribution is -2.39. The first-order chi connectivity index (χ1) is 15.6. The number of fused-ring (bicyclic) bond motifs is 2. The normalized spacial score (nSPS) is 17.9. The van der Waals surface area contributed by atoms with Gasteiger partial charge in [-0.15, -0.1) is 11.3 Å². The number of carbonyl (C=O) groups excluding carboxylic acids is 2. The van der Waals surface area contributed by atoms with Crippen LogP contribution in [0, 0.1) is 0 Å². The van der Waals surface area contributed by atoms with Crippen molar-refractivity contribution in [2.45, 2.75) is 25.3 Å². The molecule has 5 rings (SSSR count). The summed E-state index contributed by atoms with van der Waals surface area (Å²) < 4.78 is 12.5. The maximum Gasteiger partial charge on any atom is 0.263 e. The lowest BCUT2D eigenvalue weighted by atomic mass is 10.0. The van der Waals surface area contributed by atoms with E-state index in [2.05, 4.69) is 5.32 Å². The number of carbonyl (C=O) groups is 2. The van der Waals surface area contributed by atoms with E-state index < -0.39 is 0 Å². The van der Waals surface area contributed by atoms with Gasteiger partial charge in [-0.25, -0.2) is 0 Å². The van der Waals surface area contributed by atoms with Gasteiger partial charge in [0.1, 0.15) is 4.88 Å². The van der Waals surface area contributed by atoms with Gasteiger partial charge in [0.15, 0.2) is 11.5 Å². The van der Waals surface area contributed by atoms with E-state index in [1.54, 1.807) is 0 Å². The monoisotopic (exact) mass is 470 g/mol. The van der Waals surface area contributed by atoms with Crippen molar-refractivity contribution in [2.24, 2.45) is 0 Å². The minimum Gasteiger partial charge on any atom is -0.490 e. The van der Waals surface area contributed by atoms with E-state index in [9.17, 15) is 9.59 Å². The maximum absolute atomic E-state index is 13.0. The maximum atomic E-state index is 13.0. The molecule has 8 heteroatoms. The molecular formula is C24H23ClN2O4S. The minimum atomic E-state index is -0.323. The fourth-order valence-electron chi connectivity index (χ4n) is 4.30. The summed E-state index contributed by atoms with van der Waals surface area (Å²) in [5.41, 5.74) is 1.03. The fraction of sp³-hybridized carbons (Fsp3) is 0.333. The third kappa shape index (κ3) is 4.02. The van der Waals surface area contributed by atoms with Crippen molar-refractivity contribution in [3.05, 3.63) is 57.9 Å². The lowest BCUT2D eigenvalue weighted by molar-refractivity contribution is -0.131. The number of halogens is 1. The molecule has 2 aliphatic heterocycles. The van der Waals surface area contributed by atoms with Gasteiger partial charge in [-0.3, -0.25) is 9.59 Å². The third-order valence-electron chi connectivity index (χ3n) is 5.87. The smallest absolute Gasteiger partial charge is 0.263 e. The summed E-state index contributed by atoms with van der Waals surface area (Å²) in [6, 6.07) is 13.5. The Morgan fingerprint density at radius 3 is 2.75 bits per heavy atom. The van der Waals surface area contributed by atoms with E-state index in [-0.39, 0.29) is 24.4 Å². The molecule has 166 valence electrons. The van der Waals surface area contributed by atoms with Crippen LogP contribution in [0.2, 0.25) is 5.02 Å². The second kappa shape index (κ2) is 9.00. The number of nitrogens with zero attached hydrogens (tertiary/aromatic N) is 1. The van der Waals surface area contributed by atoms with Crippen LogP contribution in [0.25, 0.3) is 10.1 Å². The molecule has 1 fully saturated rings. The first-order valence-corrected chi connectivity index (χ1v) is 12.0. The van der Waals surface area contributed by atoms with E-state index in [0.717, 1.165) is 46.4 Å². The Morgan fingerprint density at radius 1 is 1.09 bits per heavy atom. The summed E-state index contributed by atoms with van der Waals surface area (Å²) in [5, 5.41) is 4.04. The van der Waals surface area contributed by atoms with Crippen LogP contribution in [0.5, 0.6) is 11.5 Å². The molecule has 1 N–H and O–H groups in total. The molecule has 2 aromatic carbocycles. The van der Waals surface area contributed by atoms with Crippen LogP contribution in [-0.4, -0.2) is 43.0 Å². The van der Waals surface area contributed by atoms with Gasteiger partial charge in [0.25, 0.3) is 5.91 Å². The summed E-state index contributed by atoms with van der Waals surface area (Å²) in [6.07, 6.45) is 2.64. The highest BCUT2D eigenvalue weighted by atomic mass is 35.5. The summed E-state index contributed by atoms with van der Waals surface area (Å²) >= 11 is 7.73. The molecular weight excluding hydrogens is 448 g/mol. The number of thiophene rings is 1. The van der Waals surface area contributed by atoms with Crippen LogP contribution < -0.4 is 14.8 Å². The zero-order valence-corrected chi connectivity index (χ0v) is 19.0. The molecule has 1 saturated heterocycles. The van der Waals surface area contributed by atoms with Crippen molar-refractivity contribution in [3.8, 4) is 11.5 Å². The molecule has 3 heterocycles. The highest BCUT2D eigenvalue weighted by Gasteiger charge is 2.31. The summed E-state index contributed by atoms with van der Waals surface area (Å²) in [4.78, 5) is 28.0. The summed E-state index contributed by atoms with van der Waals surface area (Å²) in [7, 11) is 0. The van der Waals surface area contributed by atoms with E-state index in [4.69, 9.17) is 21.1 Å². The first kappa shape index (κ1) is 21.1. The SMILES string of the molecule is O=C(NCC(=O)N1CCCC1c1ccc2c(c1)OCCCO2)c1sc2ccccc2c1Cl. The molecule has 1 aromatic heterocycles. The largest absolute Gasteiger partial charge is 0.490 e. The molecule has 32 heavy (non-hydrogen) atoms. The Kier molecular flexibility index (Phi) is 5.93. The van der Waals surface area contributed by atoms with Crippen molar-refractivity contribution in [2.75, 3.05) is 26.3 Å². The highest BCUT2D eigenvalue weighted by Crippen LogP contribution is 2.38. The zero-order valence-electron chi connectivity index (χ0n) is 17.4. The molecule has 1 atom stereocenters. The fourth-order valence-corrected chi connectivity index (χ4v) is 5.73. The van der Waals surface area contributed by atoms with E-state index in [1.165, 1.54) is 11.3 Å². The molecule has 0 aliphatic carbocycles. The van der Waals surface area contributed by atoms with Crippen molar-refractivity contribution in [1.29, 1.82) is 0 Å². The van der Waals surface area contributed by atoms with Gasteiger partial charge in [-0.05, 0) is 36.6 Å². The van der Waals surface area contributed by atoms with Crippen molar-refractivity contribution in [3.63, 3.8) is 0 Å². The standard InChI is InChI=1S/C24H23ClN2O4S/c25-22-16-5-1-2-7-20(16)32-23(22)24(29)26-14-21(28)27-10-3-6-17(27)15-8-9-18-19(13-15)31-12-4-11-30-18/h1-2,5,7-9,13,17H,3-4,6,10-12,14H2,(H,26,29). The molecule has 2 amide bonds. The zero-order chi connectivity index (χ0) is 22.1. The Labute approximate surface area is 195 Å². The molecule has 2 aliphatic rings. The Bertz CT molecular complexity index is 1180. The lowest BCUT2D eigenvalue weighted by Gasteiger charge is -2.26. The van der Waals surface area contributed by atoms with Crippen LogP contribution >= 0.6 is 22.9 Å². The highest BCUT2D eigenvalue weighted by molar-refractivity contribution is 7.21. The Hall–Kier alpha value is -2.77. The number of rotatable bonds is 4. The number of ether oxygens (including phenoxy) is 2. The Morgan fingerprint density at radius 2 is 1.91 bits per heavy atom. The summed E-state index contributed by atoms with van der Waals surface area (Å²) in [5.74, 6) is 1.04. The number of likely N-dealkylation sites (tertiary alicyclic amines) is 1. The predicted molar refractivity (Wildman–Crippen MR) is 125 cm³/mol. The van der Waals surface area contributed by atoms with Crippen molar-refractivity contribution < 1.29 is 19.1 Å². The van der Waals surface area contributed by atoms with E-state index >= 15 is 0 Å². The number of benzene rings is 2. The summed E-state index contributed by atoms with van der Waals surface area (Å²) in [6.45, 7) is 1.86. The van der Waals surface area contributed by atoms with E-state index in [0.29, 0.717) is 29.7 Å². The van der Waals surface area contributed by atoms with Gasteiger partial charge in [0.2, 0.25) is 5.91 Å². The van der Waals surface area contributed by atoms with Crippen LogP contribution in [0.3, 0.4) is 0 Å². The van der Waals surface area contributed by atoms with E-state index in [1.807, 2.05) is 47.4 Å². The van der Waals surface area contributed by atoms with Crippen LogP contribution in [0.1, 0.15) is 40.5 Å². The third-order valence-corrected chi connectivity index (χ3v) is 7.54. The van der Waals surface area contributed by atoms with Crippen molar-refractivity contribution >= 4 is 44.8 Å².